The van der Waals surface area contributed by atoms with Crippen molar-refractivity contribution in [2.24, 2.45) is 34.5 Å². The molecule has 2 aliphatic carbocycles. The average Bonchev–Trinajstić information content (AvgIpc) is 3.08. The van der Waals surface area contributed by atoms with Gasteiger partial charge in [0.2, 0.25) is 0 Å². The van der Waals surface area contributed by atoms with E-state index in [1.54, 1.807) is 0 Å². The van der Waals surface area contributed by atoms with Gasteiger partial charge < -0.3 is 5.11 Å². The van der Waals surface area contributed by atoms with Gasteiger partial charge in [-0.15, -0.1) is 0 Å². The highest BCUT2D eigenvalue weighted by molar-refractivity contribution is 5.90. The summed E-state index contributed by atoms with van der Waals surface area (Å²) in [6.45, 7) is 10.4. The second kappa shape index (κ2) is 9.14. The number of carboxylic acids is 1. The highest BCUT2D eigenvalue weighted by Crippen LogP contribution is 2.66. The highest BCUT2D eigenvalue weighted by atomic mass is 16.4. The van der Waals surface area contributed by atoms with Crippen LogP contribution in [0.25, 0.3) is 6.08 Å². The molecule has 6 unspecified atom stereocenters. The minimum absolute atomic E-state index is 0.0494. The van der Waals surface area contributed by atoms with Gasteiger partial charge in [-0.1, -0.05) is 88.8 Å². The first-order chi connectivity index (χ1) is 14.9. The molecule has 1 N–H and O–H groups in total. The van der Waals surface area contributed by atoms with Crippen molar-refractivity contribution in [2.45, 2.75) is 66.7 Å². The molecular formula is C28H38O3. The lowest BCUT2D eigenvalue weighted by Crippen LogP contribution is -2.56. The molecule has 1 fully saturated rings. The Labute approximate surface area is 187 Å². The van der Waals surface area contributed by atoms with E-state index in [1.165, 1.54) is 5.57 Å². The lowest BCUT2D eigenvalue weighted by atomic mass is 9.46. The van der Waals surface area contributed by atoms with Crippen molar-refractivity contribution in [1.82, 2.24) is 0 Å². The Morgan fingerprint density at radius 2 is 1.65 bits per heavy atom. The quantitative estimate of drug-likeness (QED) is 0.469. The zero-order chi connectivity index (χ0) is 22.8. The number of hydrogen-bond acceptors (Lipinski definition) is 2. The molecule has 1 aromatic rings. The van der Waals surface area contributed by atoms with Crippen LogP contribution in [0.3, 0.4) is 0 Å². The van der Waals surface area contributed by atoms with Crippen LogP contribution in [0.5, 0.6) is 0 Å². The van der Waals surface area contributed by atoms with Gasteiger partial charge in [-0.25, -0.2) is 0 Å². The molecule has 2 aliphatic rings. The lowest BCUT2D eigenvalue weighted by molar-refractivity contribution is -0.165. The molecule has 0 radical (unpaired) electrons. The van der Waals surface area contributed by atoms with Crippen LogP contribution in [0.1, 0.15) is 72.3 Å². The monoisotopic (exact) mass is 422 g/mol. The van der Waals surface area contributed by atoms with Crippen molar-refractivity contribution < 1.29 is 14.7 Å². The molecule has 0 bridgehead atoms. The Morgan fingerprint density at radius 1 is 1.00 bits per heavy atom. The summed E-state index contributed by atoms with van der Waals surface area (Å²) >= 11 is 0. The Kier molecular flexibility index (Phi) is 6.93. The van der Waals surface area contributed by atoms with Gasteiger partial charge >= 0.3 is 5.97 Å². The van der Waals surface area contributed by atoms with Crippen LogP contribution in [0, 0.1) is 34.5 Å². The predicted octanol–water partition coefficient (Wildman–Crippen LogP) is 6.79. The summed E-state index contributed by atoms with van der Waals surface area (Å²) in [5, 5.41) is 10.8. The number of hydrogen-bond donors (Lipinski definition) is 1. The third-order valence-electron chi connectivity index (χ3n) is 8.44. The molecule has 1 saturated carbocycles. The van der Waals surface area contributed by atoms with Crippen molar-refractivity contribution in [2.75, 3.05) is 0 Å². The van der Waals surface area contributed by atoms with Crippen molar-refractivity contribution in [3.8, 4) is 0 Å². The van der Waals surface area contributed by atoms with E-state index in [0.717, 1.165) is 18.4 Å². The van der Waals surface area contributed by atoms with Gasteiger partial charge in [0.15, 0.2) is 0 Å². The largest absolute Gasteiger partial charge is 0.481 e. The summed E-state index contributed by atoms with van der Waals surface area (Å²) in [7, 11) is 0. The van der Waals surface area contributed by atoms with E-state index in [4.69, 9.17) is 0 Å². The van der Waals surface area contributed by atoms with Gasteiger partial charge in [-0.2, -0.15) is 0 Å². The number of carbonyl (C=O) groups excluding carboxylic acids is 1. The number of carboxylic acid groups (broad SMARTS) is 1. The van der Waals surface area contributed by atoms with Crippen LogP contribution in [0.15, 0.2) is 48.1 Å². The van der Waals surface area contributed by atoms with Crippen molar-refractivity contribution >= 4 is 17.8 Å². The minimum atomic E-state index is -0.989. The molecule has 0 spiro atoms. The fourth-order valence-corrected chi connectivity index (χ4v) is 6.98. The Bertz CT molecular complexity index is 868. The second-order valence-corrected chi connectivity index (χ2v) is 9.32. The minimum Gasteiger partial charge on any atom is -0.481 e. The Hall–Kier alpha value is -2.16. The normalized spacial score (nSPS) is 35.3. The molecule has 168 valence electrons. The van der Waals surface area contributed by atoms with E-state index >= 15 is 0 Å². The number of rotatable bonds is 8. The summed E-state index contributed by atoms with van der Waals surface area (Å²) in [4.78, 5) is 26.7. The summed E-state index contributed by atoms with van der Waals surface area (Å²) in [6.07, 6.45) is 10.1. The summed E-state index contributed by atoms with van der Waals surface area (Å²) < 4.78 is 0. The molecule has 1 aromatic carbocycles. The number of ketones is 1. The fourth-order valence-electron chi connectivity index (χ4n) is 6.98. The van der Waals surface area contributed by atoms with Crippen LogP contribution in [0.2, 0.25) is 0 Å². The molecule has 0 heterocycles. The van der Waals surface area contributed by atoms with Crippen LogP contribution in [-0.2, 0) is 9.59 Å². The lowest BCUT2D eigenvalue weighted by Gasteiger charge is -2.55. The first kappa shape index (κ1) is 23.5. The average molecular weight is 423 g/mol. The molecule has 3 rings (SSSR count). The molecule has 3 heteroatoms. The molecule has 0 aromatic heterocycles. The van der Waals surface area contributed by atoms with E-state index in [0.29, 0.717) is 19.3 Å². The fraction of sp³-hybridized carbons (Fsp3) is 0.571. The summed E-state index contributed by atoms with van der Waals surface area (Å²) in [5.41, 5.74) is 0.745. The maximum Gasteiger partial charge on any atom is 0.311 e. The number of Topliss-reactive ketones (excluding diaryl/α,β-unsaturated/α-hetero) is 1. The Balaban J connectivity index is 2.31. The van der Waals surface area contributed by atoms with Crippen LogP contribution >= 0.6 is 0 Å². The molecule has 0 saturated heterocycles. The number of aliphatic carboxylic acids is 1. The number of benzene rings is 1. The van der Waals surface area contributed by atoms with Crippen molar-refractivity contribution in [3.05, 3.63) is 53.6 Å². The summed E-state index contributed by atoms with van der Waals surface area (Å²) in [5.74, 6) is -0.806. The van der Waals surface area contributed by atoms with Gasteiger partial charge in [-0.3, -0.25) is 9.59 Å². The smallest absolute Gasteiger partial charge is 0.311 e. The zero-order valence-electron chi connectivity index (χ0n) is 19.7. The van der Waals surface area contributed by atoms with Crippen molar-refractivity contribution in [1.29, 1.82) is 0 Å². The SMILES string of the molecule is CCC1=CC(C=Cc2ccccc2)(CC)C(CC)(C(=O)O)C2C(CC)C(=O)C(CC)C12. The first-order valence-corrected chi connectivity index (χ1v) is 12.1. The van der Waals surface area contributed by atoms with Gasteiger partial charge in [0, 0.05) is 17.3 Å². The van der Waals surface area contributed by atoms with E-state index in [2.05, 4.69) is 45.9 Å². The van der Waals surface area contributed by atoms with Crippen LogP contribution in [-0.4, -0.2) is 16.9 Å². The number of carbonyl (C=O) groups is 2. The molecule has 0 aliphatic heterocycles. The molecular weight excluding hydrogens is 384 g/mol. The summed E-state index contributed by atoms with van der Waals surface area (Å²) in [6, 6.07) is 10.1. The number of fused-ring (bicyclic) bond motifs is 1. The van der Waals surface area contributed by atoms with Crippen molar-refractivity contribution in [3.63, 3.8) is 0 Å². The number of allylic oxidation sites excluding steroid dienone is 3. The molecule has 6 atom stereocenters. The third kappa shape index (κ3) is 3.41. The topological polar surface area (TPSA) is 54.4 Å². The first-order valence-electron chi connectivity index (χ1n) is 12.1. The van der Waals surface area contributed by atoms with E-state index in [9.17, 15) is 14.7 Å². The van der Waals surface area contributed by atoms with Gasteiger partial charge in [0.05, 0.1) is 5.41 Å². The third-order valence-corrected chi connectivity index (χ3v) is 8.44. The Morgan fingerprint density at radius 3 is 2.13 bits per heavy atom. The van der Waals surface area contributed by atoms with Crippen LogP contribution in [0.4, 0.5) is 0 Å². The van der Waals surface area contributed by atoms with Gasteiger partial charge in [0.1, 0.15) is 5.78 Å². The molecule has 31 heavy (non-hydrogen) atoms. The van der Waals surface area contributed by atoms with Crippen LogP contribution < -0.4 is 0 Å². The van der Waals surface area contributed by atoms with Gasteiger partial charge in [-0.05, 0) is 49.5 Å². The predicted molar refractivity (Wildman–Crippen MR) is 126 cm³/mol. The standard InChI is InChI=1S/C28H38O3/c1-6-20-18-27(9-4,17-16-19-14-12-11-13-15-19)28(10-5,26(30)31)24-22(8-3)25(29)21(7-2)23(20)24/h11-18,21-24H,6-10H2,1-5H3,(H,30,31). The zero-order valence-corrected chi connectivity index (χ0v) is 19.7. The van der Waals surface area contributed by atoms with Gasteiger partial charge in [0.25, 0.3) is 0 Å². The van der Waals surface area contributed by atoms with E-state index in [1.807, 2.05) is 37.3 Å². The maximum atomic E-state index is 13.5. The van der Waals surface area contributed by atoms with E-state index < -0.39 is 16.8 Å². The highest BCUT2D eigenvalue weighted by Gasteiger charge is 2.67. The molecule has 3 nitrogen and oxygen atoms in total. The molecule has 0 amide bonds. The maximum absolute atomic E-state index is 13.5. The van der Waals surface area contributed by atoms with E-state index in [-0.39, 0.29) is 29.5 Å². The second-order valence-electron chi connectivity index (χ2n) is 9.32.